The van der Waals surface area contributed by atoms with E-state index in [0.29, 0.717) is 41.4 Å². The van der Waals surface area contributed by atoms with E-state index in [1.807, 2.05) is 51.1 Å². The van der Waals surface area contributed by atoms with E-state index in [1.54, 1.807) is 37.8 Å². The molecule has 7 nitrogen and oxygen atoms in total. The molecule has 2 aromatic carbocycles. The zero-order valence-corrected chi connectivity index (χ0v) is 22.9. The maximum Gasteiger partial charge on any atom is 0.243 e. The number of methoxy groups -OCH3 is 3. The maximum atomic E-state index is 13.8. The average Bonchev–Trinajstić information content (AvgIpc) is 2.85. The number of hydrogen-bond acceptors (Lipinski definition) is 6. The van der Waals surface area contributed by atoms with Gasteiger partial charge in [0.25, 0.3) is 0 Å². The third kappa shape index (κ3) is 4.51. The van der Waals surface area contributed by atoms with Gasteiger partial charge in [0.05, 0.1) is 43.5 Å². The molecule has 2 saturated heterocycles. The Morgan fingerprint density at radius 2 is 1.69 bits per heavy atom. The summed E-state index contributed by atoms with van der Waals surface area (Å²) in [5.41, 5.74) is 0.490. The lowest BCUT2D eigenvalue weighted by atomic mass is 9.69. The van der Waals surface area contributed by atoms with Crippen LogP contribution < -0.4 is 14.2 Å². The second-order valence-corrected chi connectivity index (χ2v) is 12.1. The van der Waals surface area contributed by atoms with Gasteiger partial charge >= 0.3 is 0 Å². The zero-order valence-electron chi connectivity index (χ0n) is 22.0. The minimum Gasteiger partial charge on any atom is -0.496 e. The fourth-order valence-corrected chi connectivity index (χ4v) is 7.79. The molecule has 2 heterocycles. The van der Waals surface area contributed by atoms with Gasteiger partial charge in [0.2, 0.25) is 10.0 Å². The smallest absolute Gasteiger partial charge is 0.243 e. The van der Waals surface area contributed by atoms with Crippen LogP contribution in [0.1, 0.15) is 50.2 Å². The van der Waals surface area contributed by atoms with E-state index in [9.17, 15) is 8.42 Å². The minimum atomic E-state index is -3.73. The summed E-state index contributed by atoms with van der Waals surface area (Å²) in [7, 11) is 1.15. The zero-order chi connectivity index (χ0) is 26.3. The first kappa shape index (κ1) is 26.5. The highest BCUT2D eigenvalue weighted by Gasteiger charge is 2.58. The fourth-order valence-electron chi connectivity index (χ4n) is 5.98. The van der Waals surface area contributed by atoms with Gasteiger partial charge in [-0.05, 0) is 58.1 Å². The Morgan fingerprint density at radius 1 is 1.08 bits per heavy atom. The van der Waals surface area contributed by atoms with Crippen molar-refractivity contribution < 1.29 is 27.4 Å². The Balaban J connectivity index is 1.80. The van der Waals surface area contributed by atoms with Crippen molar-refractivity contribution >= 4 is 10.0 Å². The Labute approximate surface area is 215 Å². The molecule has 0 spiro atoms. The second-order valence-electron chi connectivity index (χ2n) is 10.2. The summed E-state index contributed by atoms with van der Waals surface area (Å²) in [6, 6.07) is 10.3. The van der Waals surface area contributed by atoms with E-state index in [1.165, 1.54) is 0 Å². The molecule has 0 aliphatic carbocycles. The number of hydrogen-bond donors (Lipinski definition) is 0. The van der Waals surface area contributed by atoms with Crippen LogP contribution in [-0.2, 0) is 14.8 Å². The van der Waals surface area contributed by atoms with Crippen molar-refractivity contribution in [1.82, 2.24) is 4.31 Å². The molecule has 2 bridgehead atoms. The van der Waals surface area contributed by atoms with Crippen molar-refractivity contribution in [3.63, 3.8) is 0 Å². The van der Waals surface area contributed by atoms with Crippen molar-refractivity contribution in [3.8, 4) is 17.2 Å². The summed E-state index contributed by atoms with van der Waals surface area (Å²) in [5, 5.41) is 0. The lowest BCUT2D eigenvalue weighted by molar-refractivity contribution is -0.242. The van der Waals surface area contributed by atoms with Crippen LogP contribution in [0.3, 0.4) is 0 Å². The van der Waals surface area contributed by atoms with Gasteiger partial charge in [0, 0.05) is 24.2 Å². The first-order valence-electron chi connectivity index (χ1n) is 12.2. The molecule has 0 N–H and O–H groups in total. The predicted octanol–water partition coefficient (Wildman–Crippen LogP) is 5.08. The van der Waals surface area contributed by atoms with E-state index in [-0.39, 0.29) is 12.5 Å². The van der Waals surface area contributed by atoms with E-state index in [0.717, 1.165) is 11.1 Å². The highest BCUT2D eigenvalue weighted by Crippen LogP contribution is 2.55. The van der Waals surface area contributed by atoms with Crippen molar-refractivity contribution in [1.29, 1.82) is 0 Å². The number of sulfonamides is 1. The molecule has 0 radical (unpaired) electrons. The Hall–Kier alpha value is -2.55. The molecular weight excluding hydrogens is 478 g/mol. The summed E-state index contributed by atoms with van der Waals surface area (Å²) in [4.78, 5) is 0.298. The van der Waals surface area contributed by atoms with E-state index in [4.69, 9.17) is 18.9 Å². The van der Waals surface area contributed by atoms with Gasteiger partial charge in [-0.2, -0.15) is 4.31 Å². The van der Waals surface area contributed by atoms with E-state index >= 15 is 0 Å². The molecule has 4 atom stereocenters. The first-order valence-corrected chi connectivity index (χ1v) is 13.7. The first-order chi connectivity index (χ1) is 17.0. The third-order valence-corrected chi connectivity index (χ3v) is 9.61. The number of morpholine rings is 1. The van der Waals surface area contributed by atoms with Crippen LogP contribution in [0.5, 0.6) is 17.2 Å². The molecule has 2 aromatic rings. The van der Waals surface area contributed by atoms with E-state index < -0.39 is 27.3 Å². The molecule has 0 saturated carbocycles. The molecule has 0 unspecified atom stereocenters. The second kappa shape index (κ2) is 9.72. The van der Waals surface area contributed by atoms with Crippen LogP contribution in [0.4, 0.5) is 0 Å². The maximum absolute atomic E-state index is 13.8. The number of fused-ring (bicyclic) bond motifs is 2. The number of nitrogens with zero attached hydrogens (tertiary/aromatic N) is 1. The predicted molar refractivity (Wildman–Crippen MR) is 140 cm³/mol. The molecule has 2 aliphatic rings. The fraction of sp³-hybridized carbons (Fsp3) is 0.500. The summed E-state index contributed by atoms with van der Waals surface area (Å²) in [6.45, 7) is 10.1. The minimum absolute atomic E-state index is 0.0196. The van der Waals surface area contributed by atoms with Crippen molar-refractivity contribution in [2.24, 2.45) is 0 Å². The lowest BCUT2D eigenvalue weighted by Crippen LogP contribution is -2.69. The van der Waals surface area contributed by atoms with Gasteiger partial charge in [0.1, 0.15) is 17.2 Å². The SMILES string of the molecule is C=CC[C@]12C[C@@H](c3c(OC)cc(OC)cc3OC)C[C@](C)(CN(S(=O)(=O)c3ccc(C)cc3)[C@H]1C)O2. The summed E-state index contributed by atoms with van der Waals surface area (Å²) < 4.78 is 53.1. The van der Waals surface area contributed by atoms with Gasteiger partial charge in [-0.15, -0.1) is 6.58 Å². The number of aryl methyl sites for hydroxylation is 1. The molecule has 0 aromatic heterocycles. The van der Waals surface area contributed by atoms with Crippen LogP contribution in [0, 0.1) is 6.92 Å². The summed E-state index contributed by atoms with van der Waals surface area (Å²) in [5.74, 6) is 2.04. The van der Waals surface area contributed by atoms with E-state index in [2.05, 4.69) is 6.58 Å². The molecule has 4 rings (SSSR count). The van der Waals surface area contributed by atoms with Gasteiger partial charge in [0.15, 0.2) is 0 Å². The third-order valence-electron chi connectivity index (χ3n) is 7.68. The lowest BCUT2D eigenvalue weighted by Gasteiger charge is -2.59. The van der Waals surface area contributed by atoms with Gasteiger partial charge in [-0.1, -0.05) is 23.8 Å². The highest BCUT2D eigenvalue weighted by molar-refractivity contribution is 7.89. The standard InChI is InChI=1S/C28H37NO6S/c1-8-13-28-17-21(26-24(33-6)14-22(32-5)15-25(26)34-7)16-27(4,35-28)18-29(20(28)3)36(30,31)23-11-9-19(2)10-12-23/h8-12,14-15,20-21H,1,13,16-18H2,2-7H3/t20-,21-,27+,28-/m0/s1. The quantitative estimate of drug-likeness (QED) is 0.457. The van der Waals surface area contributed by atoms with Gasteiger partial charge in [-0.25, -0.2) is 8.42 Å². The Morgan fingerprint density at radius 3 is 2.22 bits per heavy atom. The largest absolute Gasteiger partial charge is 0.496 e. The van der Waals surface area contributed by atoms with Crippen LogP contribution in [-0.4, -0.2) is 57.8 Å². The van der Waals surface area contributed by atoms with Crippen molar-refractivity contribution in [2.45, 2.75) is 68.1 Å². The van der Waals surface area contributed by atoms with Crippen molar-refractivity contribution in [2.75, 3.05) is 27.9 Å². The van der Waals surface area contributed by atoms with Crippen molar-refractivity contribution in [3.05, 3.63) is 60.2 Å². The molecule has 2 fully saturated rings. The normalized spacial score (nSPS) is 28.4. The van der Waals surface area contributed by atoms with Gasteiger partial charge in [-0.3, -0.25) is 0 Å². The topological polar surface area (TPSA) is 74.3 Å². The van der Waals surface area contributed by atoms with Crippen LogP contribution in [0.2, 0.25) is 0 Å². The Bertz CT molecular complexity index is 1200. The molecule has 2 aliphatic heterocycles. The number of ether oxygens (including phenoxy) is 4. The number of rotatable bonds is 8. The molecule has 0 amide bonds. The summed E-state index contributed by atoms with van der Waals surface area (Å²) >= 11 is 0. The molecule has 8 heteroatoms. The number of benzene rings is 2. The monoisotopic (exact) mass is 515 g/mol. The average molecular weight is 516 g/mol. The Kier molecular flexibility index (Phi) is 7.16. The summed E-state index contributed by atoms with van der Waals surface area (Å²) in [6.07, 6.45) is 3.54. The van der Waals surface area contributed by atoms with Crippen LogP contribution in [0.25, 0.3) is 0 Å². The van der Waals surface area contributed by atoms with Crippen LogP contribution in [0.15, 0.2) is 53.9 Å². The molecule has 36 heavy (non-hydrogen) atoms. The molecular formula is C28H37NO6S. The van der Waals surface area contributed by atoms with Crippen LogP contribution >= 0.6 is 0 Å². The highest BCUT2D eigenvalue weighted by atomic mass is 32.2. The van der Waals surface area contributed by atoms with Gasteiger partial charge < -0.3 is 18.9 Å². The molecule has 196 valence electrons.